The Morgan fingerprint density at radius 2 is 1.65 bits per heavy atom. The number of aromatic nitrogens is 1. The Balaban J connectivity index is 2.23. The zero-order valence-corrected chi connectivity index (χ0v) is 24.3. The zero-order chi connectivity index (χ0) is 29.8. The van der Waals surface area contributed by atoms with E-state index in [0.717, 1.165) is 12.8 Å². The van der Waals surface area contributed by atoms with Crippen molar-refractivity contribution in [3.05, 3.63) is 48.0 Å². The van der Waals surface area contributed by atoms with Crippen LogP contribution in [0.25, 0.3) is 0 Å². The Morgan fingerprint density at radius 1 is 1.00 bits per heavy atom. The fourth-order valence-corrected chi connectivity index (χ4v) is 4.32. The molecule has 0 aliphatic rings. The van der Waals surface area contributed by atoms with Gasteiger partial charge in [-0.05, 0) is 55.9 Å². The Kier molecular flexibility index (Phi) is 12.8. The second-order valence-corrected chi connectivity index (χ2v) is 9.82. The molecule has 0 aliphatic heterocycles. The average molecular weight is 562 g/mol. The number of carbonyl (C=O) groups is 3. The number of Topliss-reactive ketones (excluding diaryl/α,β-unsaturated/α-hetero) is 1. The number of pyridine rings is 1. The molecule has 1 aromatic heterocycles. The smallest absolute Gasteiger partial charge is 0.310 e. The molecule has 2 rings (SSSR count). The number of ether oxygens (including phenoxy) is 5. The normalized spacial score (nSPS) is 13.3. The number of nitrogens with zero attached hydrogens (tertiary/aromatic N) is 1. The largest absolute Gasteiger partial charge is 0.493 e. The first-order valence-corrected chi connectivity index (χ1v) is 13.5. The minimum atomic E-state index is -0.780. The molecule has 1 aromatic carbocycles. The average Bonchev–Trinajstić information content (AvgIpc) is 2.92. The summed E-state index contributed by atoms with van der Waals surface area (Å²) in [6, 6.07) is 7.21. The van der Waals surface area contributed by atoms with Gasteiger partial charge in [-0.2, -0.15) is 0 Å². The van der Waals surface area contributed by atoms with Crippen molar-refractivity contribution in [2.45, 2.75) is 73.0 Å². The third-order valence-corrected chi connectivity index (χ3v) is 6.69. The maximum Gasteiger partial charge on any atom is 0.310 e. The van der Waals surface area contributed by atoms with Gasteiger partial charge in [-0.25, -0.2) is 9.37 Å². The standard InChI is InChI=1S/C30H40FNO8/c1-8-21(9-2)28(40-23-12-10-22(31)11-13-23)19(5)39-30(35)24(18(3)4)16-25(34)27-29(38-17-37-20(6)33)26(36-7)14-15-32-27/h10-15,18-19,21,24,28H,8-9,16-17H2,1-7H3/t19-,24-,28-/m0/s1. The predicted octanol–water partition coefficient (Wildman–Crippen LogP) is 5.79. The molecule has 0 radical (unpaired) electrons. The van der Waals surface area contributed by atoms with E-state index in [1.807, 2.05) is 27.7 Å². The molecule has 0 fully saturated rings. The van der Waals surface area contributed by atoms with Crippen molar-refractivity contribution in [3.63, 3.8) is 0 Å². The maximum atomic E-state index is 13.4. The van der Waals surface area contributed by atoms with E-state index in [1.165, 1.54) is 50.6 Å². The maximum absolute atomic E-state index is 13.4. The summed E-state index contributed by atoms with van der Waals surface area (Å²) in [6.45, 7) is 10.3. The van der Waals surface area contributed by atoms with E-state index >= 15 is 0 Å². The van der Waals surface area contributed by atoms with Gasteiger partial charge in [-0.15, -0.1) is 0 Å². The summed E-state index contributed by atoms with van der Waals surface area (Å²) >= 11 is 0. The van der Waals surface area contributed by atoms with Crippen LogP contribution in [0.2, 0.25) is 0 Å². The lowest BCUT2D eigenvalue weighted by Crippen LogP contribution is -2.41. The van der Waals surface area contributed by atoms with Crippen LogP contribution in [0.3, 0.4) is 0 Å². The van der Waals surface area contributed by atoms with Crippen LogP contribution in [0, 0.1) is 23.6 Å². The Hall–Kier alpha value is -3.69. The molecule has 3 atom stereocenters. The van der Waals surface area contributed by atoms with Crippen molar-refractivity contribution in [2.75, 3.05) is 13.9 Å². The highest BCUT2D eigenvalue weighted by molar-refractivity contribution is 5.99. The minimum absolute atomic E-state index is 0.0157. The molecule has 0 N–H and O–H groups in total. The summed E-state index contributed by atoms with van der Waals surface area (Å²) < 4.78 is 41.1. The lowest BCUT2D eigenvalue weighted by molar-refractivity contribution is -0.161. The van der Waals surface area contributed by atoms with Crippen LogP contribution in [0.15, 0.2) is 36.5 Å². The predicted molar refractivity (Wildman–Crippen MR) is 146 cm³/mol. The van der Waals surface area contributed by atoms with E-state index in [2.05, 4.69) is 4.98 Å². The fraction of sp³-hybridized carbons (Fsp3) is 0.533. The monoisotopic (exact) mass is 561 g/mol. The van der Waals surface area contributed by atoms with Crippen LogP contribution in [0.5, 0.6) is 17.2 Å². The number of esters is 2. The van der Waals surface area contributed by atoms with Crippen molar-refractivity contribution in [2.24, 2.45) is 17.8 Å². The van der Waals surface area contributed by atoms with Crippen molar-refractivity contribution in [1.82, 2.24) is 4.98 Å². The minimum Gasteiger partial charge on any atom is -0.493 e. The lowest BCUT2D eigenvalue weighted by atomic mass is 9.89. The summed E-state index contributed by atoms with van der Waals surface area (Å²) in [4.78, 5) is 42.1. The third kappa shape index (κ3) is 9.20. The number of hydrogen-bond acceptors (Lipinski definition) is 9. The van der Waals surface area contributed by atoms with E-state index in [9.17, 15) is 18.8 Å². The molecular formula is C30H40FNO8. The third-order valence-electron chi connectivity index (χ3n) is 6.69. The molecule has 9 nitrogen and oxygen atoms in total. The molecule has 0 saturated heterocycles. The first kappa shape index (κ1) is 32.5. The SMILES string of the molecule is CCC(CC)[C@@H](Oc1ccc(F)cc1)[C@H](C)OC(=O)[C@@H](CC(=O)c1nccc(OC)c1OCOC(C)=O)C(C)C. The fourth-order valence-electron chi connectivity index (χ4n) is 4.32. The summed E-state index contributed by atoms with van der Waals surface area (Å²) in [6.07, 6.45) is 1.65. The molecule has 2 aromatic rings. The van der Waals surface area contributed by atoms with Crippen molar-refractivity contribution in [1.29, 1.82) is 0 Å². The van der Waals surface area contributed by atoms with E-state index in [-0.39, 0.29) is 41.3 Å². The van der Waals surface area contributed by atoms with Crippen molar-refractivity contribution in [3.8, 4) is 17.2 Å². The highest BCUT2D eigenvalue weighted by Gasteiger charge is 2.34. The number of ketones is 1. The molecule has 0 amide bonds. The van der Waals surface area contributed by atoms with Gasteiger partial charge in [0.1, 0.15) is 23.8 Å². The quantitative estimate of drug-likeness (QED) is 0.143. The van der Waals surface area contributed by atoms with Crippen LogP contribution < -0.4 is 14.2 Å². The van der Waals surface area contributed by atoms with E-state index in [0.29, 0.717) is 5.75 Å². The molecule has 0 bridgehead atoms. The summed E-state index contributed by atoms with van der Waals surface area (Å²) in [7, 11) is 1.41. The number of benzene rings is 1. The zero-order valence-electron chi connectivity index (χ0n) is 24.3. The van der Waals surface area contributed by atoms with Crippen LogP contribution in [-0.4, -0.2) is 48.8 Å². The van der Waals surface area contributed by atoms with Gasteiger partial charge < -0.3 is 23.7 Å². The van der Waals surface area contributed by atoms with E-state index in [1.54, 1.807) is 6.92 Å². The second kappa shape index (κ2) is 15.8. The first-order valence-electron chi connectivity index (χ1n) is 13.5. The van der Waals surface area contributed by atoms with Gasteiger partial charge in [0.05, 0.1) is 13.0 Å². The van der Waals surface area contributed by atoms with Gasteiger partial charge in [0.2, 0.25) is 6.79 Å². The topological polar surface area (TPSA) is 110 Å². The molecule has 0 aliphatic carbocycles. The number of carbonyl (C=O) groups excluding carboxylic acids is 3. The molecule has 40 heavy (non-hydrogen) atoms. The van der Waals surface area contributed by atoms with Gasteiger partial charge >= 0.3 is 11.9 Å². The highest BCUT2D eigenvalue weighted by atomic mass is 19.1. The number of methoxy groups -OCH3 is 1. The van der Waals surface area contributed by atoms with Gasteiger partial charge in [-0.3, -0.25) is 14.4 Å². The lowest BCUT2D eigenvalue weighted by Gasteiger charge is -2.32. The van der Waals surface area contributed by atoms with Gasteiger partial charge in [0, 0.05) is 25.6 Å². The summed E-state index contributed by atoms with van der Waals surface area (Å²) in [5, 5.41) is 0. The highest BCUT2D eigenvalue weighted by Crippen LogP contribution is 2.32. The number of rotatable bonds is 16. The van der Waals surface area contributed by atoms with Gasteiger partial charge in [0.15, 0.2) is 23.0 Å². The van der Waals surface area contributed by atoms with E-state index in [4.69, 9.17) is 23.7 Å². The molecular weight excluding hydrogens is 521 g/mol. The van der Waals surface area contributed by atoms with Crippen molar-refractivity contribution < 1.29 is 42.5 Å². The van der Waals surface area contributed by atoms with Crippen molar-refractivity contribution >= 4 is 17.7 Å². The van der Waals surface area contributed by atoms with Crippen LogP contribution in [-0.2, 0) is 19.1 Å². The van der Waals surface area contributed by atoms with Crippen LogP contribution in [0.4, 0.5) is 4.39 Å². The first-order chi connectivity index (χ1) is 19.0. The molecule has 1 heterocycles. The Morgan fingerprint density at radius 3 is 2.20 bits per heavy atom. The second-order valence-electron chi connectivity index (χ2n) is 9.82. The number of hydrogen-bond donors (Lipinski definition) is 0. The molecule has 0 saturated carbocycles. The Labute approximate surface area is 235 Å². The molecule has 10 heteroatoms. The van der Waals surface area contributed by atoms with E-state index < -0.39 is 42.6 Å². The molecule has 0 spiro atoms. The Bertz CT molecular complexity index is 1120. The molecule has 0 unspecified atom stereocenters. The summed E-state index contributed by atoms with van der Waals surface area (Å²) in [5.74, 6) is -2.15. The van der Waals surface area contributed by atoms with Gasteiger partial charge in [-0.1, -0.05) is 27.7 Å². The number of halogens is 1. The van der Waals surface area contributed by atoms with Crippen LogP contribution in [0.1, 0.15) is 71.3 Å². The summed E-state index contributed by atoms with van der Waals surface area (Å²) in [5.41, 5.74) is -0.0486. The van der Waals surface area contributed by atoms with Crippen LogP contribution >= 0.6 is 0 Å². The van der Waals surface area contributed by atoms with Gasteiger partial charge in [0.25, 0.3) is 0 Å². The molecule has 220 valence electrons.